The van der Waals surface area contributed by atoms with Crippen molar-refractivity contribution in [3.05, 3.63) is 0 Å². The standard InChI is InChI=1S/C21H44N4O2/c1-18(2)20(26)10-13-24(7)15-14-22(5)11-9-12-23(6)16-17-25(8)21(27)19(3)4/h18-19H,9-17H2,1-8H3. The molecular weight excluding hydrogens is 340 g/mol. The van der Waals surface area contributed by atoms with E-state index < -0.39 is 0 Å². The molecular formula is C21H44N4O2. The largest absolute Gasteiger partial charge is 0.344 e. The Morgan fingerprint density at radius 3 is 1.52 bits per heavy atom. The summed E-state index contributed by atoms with van der Waals surface area (Å²) >= 11 is 0. The lowest BCUT2D eigenvalue weighted by molar-refractivity contribution is -0.133. The van der Waals surface area contributed by atoms with Crippen molar-refractivity contribution in [1.29, 1.82) is 0 Å². The van der Waals surface area contributed by atoms with Crippen molar-refractivity contribution in [3.63, 3.8) is 0 Å². The zero-order chi connectivity index (χ0) is 21.0. The monoisotopic (exact) mass is 384 g/mol. The van der Waals surface area contributed by atoms with Crippen molar-refractivity contribution in [3.8, 4) is 0 Å². The highest BCUT2D eigenvalue weighted by molar-refractivity contribution is 5.80. The Bertz CT molecular complexity index is 426. The maximum absolute atomic E-state index is 11.9. The van der Waals surface area contributed by atoms with Gasteiger partial charge >= 0.3 is 0 Å². The fourth-order valence-corrected chi connectivity index (χ4v) is 2.75. The number of hydrogen-bond donors (Lipinski definition) is 0. The fraction of sp³-hybridized carbons (Fsp3) is 0.905. The molecule has 0 rings (SSSR count). The lowest BCUT2D eigenvalue weighted by Gasteiger charge is -2.25. The molecule has 0 aromatic carbocycles. The zero-order valence-corrected chi connectivity index (χ0v) is 19.1. The number of nitrogens with zero attached hydrogens (tertiary/aromatic N) is 4. The summed E-state index contributed by atoms with van der Waals surface area (Å²) in [5.74, 6) is 0.762. The molecule has 0 aromatic heterocycles. The van der Waals surface area contributed by atoms with E-state index in [1.807, 2.05) is 39.6 Å². The first kappa shape index (κ1) is 26.0. The molecule has 0 radical (unpaired) electrons. The first-order valence-corrected chi connectivity index (χ1v) is 10.4. The summed E-state index contributed by atoms with van der Waals surface area (Å²) in [4.78, 5) is 32.3. The van der Waals surface area contributed by atoms with Crippen LogP contribution in [0.3, 0.4) is 0 Å². The molecule has 0 aromatic rings. The summed E-state index contributed by atoms with van der Waals surface area (Å²) in [5, 5.41) is 0. The van der Waals surface area contributed by atoms with Gasteiger partial charge in [0.1, 0.15) is 5.78 Å². The maximum atomic E-state index is 11.9. The molecule has 27 heavy (non-hydrogen) atoms. The number of Topliss-reactive ketones (excluding diaryl/α,β-unsaturated/α-hetero) is 1. The number of carbonyl (C=O) groups excluding carboxylic acids is 2. The molecule has 0 atom stereocenters. The molecule has 0 N–H and O–H groups in total. The van der Waals surface area contributed by atoms with Crippen LogP contribution in [-0.2, 0) is 9.59 Å². The molecule has 160 valence electrons. The van der Waals surface area contributed by atoms with Gasteiger partial charge in [0.05, 0.1) is 0 Å². The molecule has 0 aliphatic carbocycles. The third-order valence-corrected chi connectivity index (χ3v) is 5.01. The Morgan fingerprint density at radius 2 is 1.07 bits per heavy atom. The topological polar surface area (TPSA) is 47.1 Å². The Balaban J connectivity index is 3.82. The molecule has 0 aliphatic heterocycles. The van der Waals surface area contributed by atoms with Crippen molar-refractivity contribution in [2.45, 2.75) is 40.5 Å². The van der Waals surface area contributed by atoms with E-state index >= 15 is 0 Å². The van der Waals surface area contributed by atoms with Gasteiger partial charge in [-0.3, -0.25) is 9.59 Å². The summed E-state index contributed by atoms with van der Waals surface area (Å²) in [6.45, 7) is 14.4. The molecule has 6 nitrogen and oxygen atoms in total. The van der Waals surface area contributed by atoms with E-state index in [2.05, 4.69) is 35.8 Å². The molecule has 0 saturated heterocycles. The number of hydrogen-bond acceptors (Lipinski definition) is 5. The molecule has 0 unspecified atom stereocenters. The van der Waals surface area contributed by atoms with Crippen LogP contribution in [0.25, 0.3) is 0 Å². The number of likely N-dealkylation sites (N-methyl/N-ethyl adjacent to an activating group) is 4. The first-order chi connectivity index (χ1) is 12.5. The van der Waals surface area contributed by atoms with E-state index in [1.165, 1.54) is 0 Å². The average Bonchev–Trinajstić information content (AvgIpc) is 2.61. The van der Waals surface area contributed by atoms with Gasteiger partial charge in [-0.1, -0.05) is 27.7 Å². The predicted molar refractivity (Wildman–Crippen MR) is 114 cm³/mol. The van der Waals surface area contributed by atoms with Gasteiger partial charge in [0.15, 0.2) is 0 Å². The Hall–Kier alpha value is -0.980. The van der Waals surface area contributed by atoms with Crippen LogP contribution in [0.5, 0.6) is 0 Å². The van der Waals surface area contributed by atoms with Crippen molar-refractivity contribution < 1.29 is 9.59 Å². The average molecular weight is 385 g/mol. The highest BCUT2D eigenvalue weighted by Crippen LogP contribution is 2.01. The molecule has 0 fully saturated rings. The second-order valence-corrected chi connectivity index (χ2v) is 8.55. The van der Waals surface area contributed by atoms with Crippen LogP contribution >= 0.6 is 0 Å². The van der Waals surface area contributed by atoms with Gasteiger partial charge < -0.3 is 19.6 Å². The summed E-state index contributed by atoms with van der Waals surface area (Å²) in [5.41, 5.74) is 0. The van der Waals surface area contributed by atoms with Gasteiger partial charge in [-0.25, -0.2) is 0 Å². The Labute approximate surface area is 167 Å². The van der Waals surface area contributed by atoms with Crippen LogP contribution < -0.4 is 0 Å². The van der Waals surface area contributed by atoms with Crippen LogP contribution in [0, 0.1) is 11.8 Å². The highest BCUT2D eigenvalue weighted by Gasteiger charge is 2.13. The summed E-state index contributed by atoms with van der Waals surface area (Å²) in [7, 11) is 8.24. The smallest absolute Gasteiger partial charge is 0.224 e. The van der Waals surface area contributed by atoms with Crippen LogP contribution in [0.1, 0.15) is 40.5 Å². The quantitative estimate of drug-likeness (QED) is 0.432. The van der Waals surface area contributed by atoms with Crippen molar-refractivity contribution in [2.75, 3.05) is 74.0 Å². The van der Waals surface area contributed by atoms with Crippen molar-refractivity contribution in [1.82, 2.24) is 19.6 Å². The second-order valence-electron chi connectivity index (χ2n) is 8.55. The number of ketones is 1. The molecule has 0 spiro atoms. The normalized spacial score (nSPS) is 12.0. The highest BCUT2D eigenvalue weighted by atomic mass is 16.2. The van der Waals surface area contributed by atoms with E-state index in [0.29, 0.717) is 12.2 Å². The van der Waals surface area contributed by atoms with E-state index in [0.717, 1.165) is 52.2 Å². The lowest BCUT2D eigenvalue weighted by atomic mass is 10.1. The van der Waals surface area contributed by atoms with E-state index in [9.17, 15) is 9.59 Å². The third-order valence-electron chi connectivity index (χ3n) is 5.01. The van der Waals surface area contributed by atoms with E-state index in [4.69, 9.17) is 0 Å². The van der Waals surface area contributed by atoms with Gasteiger partial charge in [-0.05, 0) is 40.7 Å². The van der Waals surface area contributed by atoms with Crippen LogP contribution in [0.4, 0.5) is 0 Å². The van der Waals surface area contributed by atoms with Gasteiger partial charge in [-0.15, -0.1) is 0 Å². The predicted octanol–water partition coefficient (Wildman–Crippen LogP) is 1.90. The van der Waals surface area contributed by atoms with E-state index in [-0.39, 0.29) is 17.7 Å². The lowest BCUT2D eigenvalue weighted by Crippen LogP contribution is -2.38. The minimum atomic E-state index is 0.0654. The van der Waals surface area contributed by atoms with Gasteiger partial charge in [0.2, 0.25) is 5.91 Å². The maximum Gasteiger partial charge on any atom is 0.224 e. The minimum absolute atomic E-state index is 0.0654. The fourth-order valence-electron chi connectivity index (χ4n) is 2.75. The molecule has 0 saturated carbocycles. The number of amides is 1. The molecule has 0 aliphatic rings. The molecule has 6 heteroatoms. The summed E-state index contributed by atoms with van der Waals surface area (Å²) in [6.07, 6.45) is 1.76. The number of rotatable bonds is 15. The van der Waals surface area contributed by atoms with Crippen LogP contribution in [0.15, 0.2) is 0 Å². The molecule has 0 heterocycles. The number of carbonyl (C=O) groups is 2. The summed E-state index contributed by atoms with van der Waals surface area (Å²) < 4.78 is 0. The molecule has 1 amide bonds. The van der Waals surface area contributed by atoms with Gasteiger partial charge in [-0.2, -0.15) is 0 Å². The van der Waals surface area contributed by atoms with E-state index in [1.54, 1.807) is 0 Å². The zero-order valence-electron chi connectivity index (χ0n) is 19.1. The van der Waals surface area contributed by atoms with Gasteiger partial charge in [0, 0.05) is 58.0 Å². The van der Waals surface area contributed by atoms with Crippen LogP contribution in [-0.4, -0.2) is 105 Å². The minimum Gasteiger partial charge on any atom is -0.344 e. The van der Waals surface area contributed by atoms with Gasteiger partial charge in [0.25, 0.3) is 0 Å². The van der Waals surface area contributed by atoms with Crippen molar-refractivity contribution in [2.24, 2.45) is 11.8 Å². The Morgan fingerprint density at radius 1 is 0.630 bits per heavy atom. The molecule has 0 bridgehead atoms. The second kappa shape index (κ2) is 14.1. The SMILES string of the molecule is CC(C)C(=O)CCN(C)CCN(C)CCCN(C)CCN(C)C(=O)C(C)C. The van der Waals surface area contributed by atoms with Crippen LogP contribution in [0.2, 0.25) is 0 Å². The Kier molecular flexibility index (Phi) is 13.6. The van der Waals surface area contributed by atoms with Crippen molar-refractivity contribution >= 4 is 11.7 Å². The summed E-state index contributed by atoms with van der Waals surface area (Å²) in [6, 6.07) is 0. The third kappa shape index (κ3) is 12.9. The first-order valence-electron chi connectivity index (χ1n) is 10.4.